The van der Waals surface area contributed by atoms with E-state index < -0.39 is 14.6 Å². The summed E-state index contributed by atoms with van der Waals surface area (Å²) < 4.78 is 21.6. The van der Waals surface area contributed by atoms with Crippen molar-refractivity contribution in [1.82, 2.24) is 0 Å². The molecule has 0 bridgehead atoms. The maximum Gasteiger partial charge on any atom is 0.166 e. The molecular weight excluding hydrogens is 220 g/mol. The zero-order valence-electron chi connectivity index (χ0n) is 8.74. The van der Waals surface area contributed by atoms with Crippen LogP contribution >= 0.6 is 11.8 Å². The molecule has 0 N–H and O–H groups in total. The number of ketones is 1. The van der Waals surface area contributed by atoms with E-state index >= 15 is 0 Å². The SMILES string of the molecule is CC(C)(C(=O)C1CCCS1)S(C)(=O)=O. The summed E-state index contributed by atoms with van der Waals surface area (Å²) in [4.78, 5) is 11.9. The van der Waals surface area contributed by atoms with Crippen LogP contribution in [0.1, 0.15) is 26.7 Å². The van der Waals surface area contributed by atoms with Crippen LogP contribution in [0.2, 0.25) is 0 Å². The van der Waals surface area contributed by atoms with Crippen molar-refractivity contribution in [1.29, 1.82) is 0 Å². The van der Waals surface area contributed by atoms with Crippen LogP contribution in [0.3, 0.4) is 0 Å². The van der Waals surface area contributed by atoms with E-state index in [0.717, 1.165) is 24.9 Å². The van der Waals surface area contributed by atoms with Gasteiger partial charge < -0.3 is 0 Å². The molecule has 1 rings (SSSR count). The minimum atomic E-state index is -3.30. The van der Waals surface area contributed by atoms with E-state index in [1.165, 1.54) is 13.8 Å². The Morgan fingerprint density at radius 2 is 2.00 bits per heavy atom. The zero-order valence-corrected chi connectivity index (χ0v) is 10.4. The summed E-state index contributed by atoms with van der Waals surface area (Å²) in [5.41, 5.74) is 0. The molecule has 1 fully saturated rings. The van der Waals surface area contributed by atoms with Gasteiger partial charge in [-0.1, -0.05) is 0 Å². The van der Waals surface area contributed by atoms with Gasteiger partial charge in [-0.15, -0.1) is 0 Å². The standard InChI is InChI=1S/C9H16O3S2/c1-9(2,14(3,11)12)8(10)7-5-4-6-13-7/h7H,4-6H2,1-3H3. The third kappa shape index (κ3) is 2.14. The number of thioether (sulfide) groups is 1. The van der Waals surface area contributed by atoms with Gasteiger partial charge in [0.05, 0.1) is 5.25 Å². The third-order valence-corrected chi connectivity index (χ3v) is 6.17. The molecular formula is C9H16O3S2. The van der Waals surface area contributed by atoms with Crippen LogP contribution < -0.4 is 0 Å². The highest BCUT2D eigenvalue weighted by molar-refractivity contribution is 8.01. The van der Waals surface area contributed by atoms with Crippen LogP contribution in [0, 0.1) is 0 Å². The van der Waals surface area contributed by atoms with Gasteiger partial charge >= 0.3 is 0 Å². The first kappa shape index (κ1) is 12.0. The molecule has 0 aromatic rings. The van der Waals surface area contributed by atoms with Gasteiger partial charge in [0.15, 0.2) is 15.6 Å². The average molecular weight is 236 g/mol. The summed E-state index contributed by atoms with van der Waals surface area (Å²) in [6, 6.07) is 0. The first-order valence-corrected chi connectivity index (χ1v) is 7.56. The highest BCUT2D eigenvalue weighted by Crippen LogP contribution is 2.32. The molecule has 1 atom stereocenters. The lowest BCUT2D eigenvalue weighted by atomic mass is 10.0. The van der Waals surface area contributed by atoms with E-state index in [9.17, 15) is 13.2 Å². The summed E-state index contributed by atoms with van der Waals surface area (Å²) >= 11 is 1.58. The van der Waals surface area contributed by atoms with Crippen LogP contribution in [0.15, 0.2) is 0 Å². The molecule has 0 saturated carbocycles. The van der Waals surface area contributed by atoms with Gasteiger partial charge in [0.1, 0.15) is 4.75 Å². The van der Waals surface area contributed by atoms with Gasteiger partial charge in [0.25, 0.3) is 0 Å². The van der Waals surface area contributed by atoms with E-state index in [0.29, 0.717) is 0 Å². The normalized spacial score (nSPS) is 23.8. The second kappa shape index (κ2) is 3.85. The molecule has 1 aliphatic rings. The molecule has 3 nitrogen and oxygen atoms in total. The smallest absolute Gasteiger partial charge is 0.166 e. The summed E-state index contributed by atoms with van der Waals surface area (Å²) in [5.74, 6) is 0.832. The van der Waals surface area contributed by atoms with Crippen LogP contribution in [0.25, 0.3) is 0 Å². The minimum Gasteiger partial charge on any atom is -0.297 e. The predicted octanol–water partition coefficient (Wildman–Crippen LogP) is 1.27. The van der Waals surface area contributed by atoms with E-state index in [4.69, 9.17) is 0 Å². The fraction of sp³-hybridized carbons (Fsp3) is 0.889. The van der Waals surface area contributed by atoms with Crippen LogP contribution in [-0.4, -0.2) is 36.2 Å². The van der Waals surface area contributed by atoms with Crippen molar-refractivity contribution in [2.24, 2.45) is 0 Å². The van der Waals surface area contributed by atoms with Gasteiger partial charge in [0, 0.05) is 6.26 Å². The molecule has 1 saturated heterocycles. The Hall–Kier alpha value is -0.0300. The quantitative estimate of drug-likeness (QED) is 0.740. The second-order valence-corrected chi connectivity index (χ2v) is 8.02. The fourth-order valence-electron chi connectivity index (χ4n) is 1.35. The first-order chi connectivity index (χ1) is 6.27. The number of hydrogen-bond acceptors (Lipinski definition) is 4. The first-order valence-electron chi connectivity index (χ1n) is 4.62. The lowest BCUT2D eigenvalue weighted by molar-refractivity contribution is -0.120. The fourth-order valence-corrected chi connectivity index (χ4v) is 3.33. The number of carbonyl (C=O) groups excluding carboxylic acids is 1. The number of Topliss-reactive ketones (excluding diaryl/α,β-unsaturated/α-hetero) is 1. The Morgan fingerprint density at radius 1 is 1.43 bits per heavy atom. The maximum absolute atomic E-state index is 11.9. The molecule has 1 heterocycles. The summed E-state index contributed by atoms with van der Waals surface area (Å²) in [7, 11) is -3.30. The molecule has 0 aromatic carbocycles. The van der Waals surface area contributed by atoms with E-state index in [1.54, 1.807) is 11.8 Å². The molecule has 0 radical (unpaired) electrons. The summed E-state index contributed by atoms with van der Waals surface area (Å²) in [6.07, 6.45) is 2.97. The number of sulfone groups is 1. The Labute approximate surface area is 89.6 Å². The predicted molar refractivity (Wildman–Crippen MR) is 59.4 cm³/mol. The Kier molecular flexibility index (Phi) is 3.31. The van der Waals surface area contributed by atoms with Gasteiger partial charge in [-0.05, 0) is 32.4 Å². The number of rotatable bonds is 3. The molecule has 82 valence electrons. The Balaban J connectivity index is 2.87. The van der Waals surface area contributed by atoms with Gasteiger partial charge in [-0.2, -0.15) is 11.8 Å². The number of hydrogen-bond donors (Lipinski definition) is 0. The molecule has 5 heteroatoms. The Bertz CT molecular complexity index is 324. The third-order valence-electron chi connectivity index (χ3n) is 2.74. The lowest BCUT2D eigenvalue weighted by Crippen LogP contribution is -2.44. The molecule has 1 aliphatic heterocycles. The van der Waals surface area contributed by atoms with Crippen molar-refractivity contribution in [3.05, 3.63) is 0 Å². The molecule has 0 spiro atoms. The van der Waals surface area contributed by atoms with Crippen molar-refractivity contribution < 1.29 is 13.2 Å². The molecule has 1 unspecified atom stereocenters. The summed E-state index contributed by atoms with van der Waals surface area (Å²) in [5, 5.41) is -0.111. The molecule has 0 amide bonds. The van der Waals surface area contributed by atoms with Crippen molar-refractivity contribution in [2.75, 3.05) is 12.0 Å². The molecule has 0 aliphatic carbocycles. The Morgan fingerprint density at radius 3 is 2.36 bits per heavy atom. The lowest BCUT2D eigenvalue weighted by Gasteiger charge is -2.23. The van der Waals surface area contributed by atoms with E-state index in [1.807, 2.05) is 0 Å². The van der Waals surface area contributed by atoms with E-state index in [2.05, 4.69) is 0 Å². The summed E-state index contributed by atoms with van der Waals surface area (Å²) in [6.45, 7) is 3.01. The van der Waals surface area contributed by atoms with E-state index in [-0.39, 0.29) is 11.0 Å². The van der Waals surface area contributed by atoms with Crippen LogP contribution in [0.4, 0.5) is 0 Å². The van der Waals surface area contributed by atoms with Crippen LogP contribution in [0.5, 0.6) is 0 Å². The highest BCUT2D eigenvalue weighted by atomic mass is 32.2. The highest BCUT2D eigenvalue weighted by Gasteiger charge is 2.42. The van der Waals surface area contributed by atoms with Gasteiger partial charge in [-0.3, -0.25) is 4.79 Å². The van der Waals surface area contributed by atoms with Crippen LogP contribution in [-0.2, 0) is 14.6 Å². The van der Waals surface area contributed by atoms with Crippen molar-refractivity contribution in [3.63, 3.8) is 0 Å². The average Bonchev–Trinajstić information content (AvgIpc) is 2.52. The largest absolute Gasteiger partial charge is 0.297 e. The topological polar surface area (TPSA) is 51.2 Å². The number of carbonyl (C=O) groups is 1. The van der Waals surface area contributed by atoms with Crippen molar-refractivity contribution in [3.8, 4) is 0 Å². The molecule has 0 aromatic heterocycles. The minimum absolute atomic E-state index is 0.111. The monoisotopic (exact) mass is 236 g/mol. The zero-order chi connectivity index (χ0) is 11.0. The molecule has 14 heavy (non-hydrogen) atoms. The van der Waals surface area contributed by atoms with Crippen molar-refractivity contribution in [2.45, 2.75) is 36.7 Å². The van der Waals surface area contributed by atoms with Crippen molar-refractivity contribution >= 4 is 27.4 Å². The second-order valence-electron chi connectivity index (χ2n) is 4.15. The van der Waals surface area contributed by atoms with Gasteiger partial charge in [-0.25, -0.2) is 8.42 Å². The maximum atomic E-state index is 11.9. The van der Waals surface area contributed by atoms with Gasteiger partial charge in [0.2, 0.25) is 0 Å².